The predicted octanol–water partition coefficient (Wildman–Crippen LogP) is 1.40. The van der Waals surface area contributed by atoms with E-state index in [1.807, 2.05) is 26.0 Å². The molecule has 2 saturated heterocycles. The highest BCUT2D eigenvalue weighted by Gasteiger charge is 2.41. The molecule has 2 aliphatic rings. The van der Waals surface area contributed by atoms with Crippen LogP contribution in [-0.2, 0) is 11.3 Å². The van der Waals surface area contributed by atoms with Crippen LogP contribution in [0.4, 0.5) is 0 Å². The minimum Gasteiger partial charge on any atom is -0.465 e. The van der Waals surface area contributed by atoms with Crippen LogP contribution in [0, 0.1) is 24.7 Å². The van der Waals surface area contributed by atoms with Gasteiger partial charge < -0.3 is 9.73 Å². The smallest absolute Gasteiger partial charge is 0.223 e. The van der Waals surface area contributed by atoms with Gasteiger partial charge in [-0.25, -0.2) is 0 Å². The fraction of sp³-hybridized carbons (Fsp3) is 0.643. The first-order valence-electron chi connectivity index (χ1n) is 6.69. The number of hydrogen-bond donors (Lipinski definition) is 1. The van der Waals surface area contributed by atoms with E-state index in [1.54, 1.807) is 0 Å². The molecule has 98 valence electrons. The Hall–Kier alpha value is -1.29. The van der Waals surface area contributed by atoms with E-state index in [0.717, 1.165) is 37.7 Å². The normalized spacial score (nSPS) is 32.3. The second kappa shape index (κ2) is 4.43. The largest absolute Gasteiger partial charge is 0.465 e. The minimum absolute atomic E-state index is 0.145. The number of furan rings is 1. The van der Waals surface area contributed by atoms with Crippen molar-refractivity contribution >= 4 is 5.91 Å². The zero-order chi connectivity index (χ0) is 12.7. The fourth-order valence-corrected chi connectivity index (χ4v) is 3.28. The molecule has 0 radical (unpaired) electrons. The first-order valence-corrected chi connectivity index (χ1v) is 6.69. The van der Waals surface area contributed by atoms with Crippen LogP contribution in [0.15, 0.2) is 16.5 Å². The van der Waals surface area contributed by atoms with E-state index in [0.29, 0.717) is 11.8 Å². The van der Waals surface area contributed by atoms with Crippen molar-refractivity contribution in [3.8, 4) is 0 Å². The molecule has 1 aromatic heterocycles. The maximum Gasteiger partial charge on any atom is 0.223 e. The number of hydrogen-bond acceptors (Lipinski definition) is 3. The zero-order valence-corrected chi connectivity index (χ0v) is 11.0. The van der Waals surface area contributed by atoms with Crippen molar-refractivity contribution < 1.29 is 9.21 Å². The number of amides is 1. The monoisotopic (exact) mass is 248 g/mol. The van der Waals surface area contributed by atoms with E-state index in [1.165, 1.54) is 0 Å². The highest BCUT2D eigenvalue weighted by molar-refractivity contribution is 5.79. The molecule has 1 aromatic rings. The van der Waals surface area contributed by atoms with E-state index in [9.17, 15) is 4.79 Å². The summed E-state index contributed by atoms with van der Waals surface area (Å²) in [4.78, 5) is 14.1. The summed E-state index contributed by atoms with van der Waals surface area (Å²) in [7, 11) is 0. The van der Waals surface area contributed by atoms with E-state index in [-0.39, 0.29) is 11.8 Å². The highest BCUT2D eigenvalue weighted by atomic mass is 16.3. The Morgan fingerprint density at radius 3 is 3.00 bits per heavy atom. The molecule has 0 unspecified atom stereocenters. The quantitative estimate of drug-likeness (QED) is 0.860. The van der Waals surface area contributed by atoms with Crippen molar-refractivity contribution in [2.75, 3.05) is 19.6 Å². The topological polar surface area (TPSA) is 45.5 Å². The maximum absolute atomic E-state index is 11.7. The number of aryl methyl sites for hydroxylation is 1. The van der Waals surface area contributed by atoms with Gasteiger partial charge in [0.2, 0.25) is 5.91 Å². The maximum atomic E-state index is 11.7. The van der Waals surface area contributed by atoms with Crippen molar-refractivity contribution in [3.05, 3.63) is 23.7 Å². The Labute approximate surface area is 107 Å². The summed E-state index contributed by atoms with van der Waals surface area (Å²) in [5, 5.41) is 3.00. The van der Waals surface area contributed by atoms with Crippen LogP contribution in [0.5, 0.6) is 0 Å². The van der Waals surface area contributed by atoms with Gasteiger partial charge in [-0.2, -0.15) is 0 Å². The van der Waals surface area contributed by atoms with Gasteiger partial charge in [0.1, 0.15) is 11.5 Å². The van der Waals surface area contributed by atoms with Crippen LogP contribution in [0.2, 0.25) is 0 Å². The van der Waals surface area contributed by atoms with Gasteiger partial charge in [-0.15, -0.1) is 0 Å². The van der Waals surface area contributed by atoms with Gasteiger partial charge in [-0.3, -0.25) is 9.69 Å². The first-order chi connectivity index (χ1) is 8.63. The average Bonchev–Trinajstić information content (AvgIpc) is 2.91. The number of carbonyl (C=O) groups is 1. The van der Waals surface area contributed by atoms with Gasteiger partial charge >= 0.3 is 0 Å². The Balaban J connectivity index is 1.66. The van der Waals surface area contributed by atoms with Gasteiger partial charge in [0.15, 0.2) is 0 Å². The lowest BCUT2D eigenvalue weighted by Crippen LogP contribution is -2.46. The molecule has 1 N–H and O–H groups in total. The standard InChI is InChI=1S/C14H20N2O2/c1-9-3-4-12(18-9)7-16-6-11-5-15-14(17)10(2)13(11)8-16/h3-4,10-11,13H,5-8H2,1-2H3,(H,15,17)/t10-,11+,13+/m1/s1. The van der Waals surface area contributed by atoms with E-state index in [4.69, 9.17) is 4.42 Å². The number of fused-ring (bicyclic) bond motifs is 1. The summed E-state index contributed by atoms with van der Waals surface area (Å²) in [6.07, 6.45) is 0. The molecule has 0 saturated carbocycles. The Morgan fingerprint density at radius 1 is 1.44 bits per heavy atom. The Morgan fingerprint density at radius 2 is 2.28 bits per heavy atom. The summed E-state index contributed by atoms with van der Waals surface area (Å²) < 4.78 is 5.62. The van der Waals surface area contributed by atoms with Crippen LogP contribution in [0.1, 0.15) is 18.4 Å². The van der Waals surface area contributed by atoms with Crippen molar-refractivity contribution in [1.82, 2.24) is 10.2 Å². The Kier molecular flexibility index (Phi) is 2.90. The van der Waals surface area contributed by atoms with Crippen molar-refractivity contribution in [1.29, 1.82) is 0 Å². The van der Waals surface area contributed by atoms with Crippen molar-refractivity contribution in [2.45, 2.75) is 20.4 Å². The van der Waals surface area contributed by atoms with Gasteiger partial charge in [-0.05, 0) is 30.9 Å². The predicted molar refractivity (Wildman–Crippen MR) is 67.9 cm³/mol. The molecule has 2 aliphatic heterocycles. The van der Waals surface area contributed by atoms with Gasteiger partial charge in [0.25, 0.3) is 0 Å². The molecule has 4 heteroatoms. The van der Waals surface area contributed by atoms with Gasteiger partial charge in [0, 0.05) is 25.6 Å². The number of likely N-dealkylation sites (tertiary alicyclic amines) is 1. The van der Waals surface area contributed by atoms with Crippen LogP contribution in [0.3, 0.4) is 0 Å². The zero-order valence-electron chi connectivity index (χ0n) is 11.0. The molecular formula is C14H20N2O2. The van der Waals surface area contributed by atoms with Crippen LogP contribution in [0.25, 0.3) is 0 Å². The average molecular weight is 248 g/mol. The van der Waals surface area contributed by atoms with E-state index < -0.39 is 0 Å². The highest BCUT2D eigenvalue weighted by Crippen LogP contribution is 2.33. The molecule has 0 aromatic carbocycles. The number of nitrogens with zero attached hydrogens (tertiary/aromatic N) is 1. The molecule has 0 bridgehead atoms. The van der Waals surface area contributed by atoms with Crippen LogP contribution in [-0.4, -0.2) is 30.4 Å². The molecule has 1 amide bonds. The van der Waals surface area contributed by atoms with E-state index >= 15 is 0 Å². The molecule has 0 spiro atoms. The Bertz CT molecular complexity index is 454. The molecule has 0 aliphatic carbocycles. The third kappa shape index (κ3) is 2.05. The summed E-state index contributed by atoms with van der Waals surface area (Å²) in [6, 6.07) is 4.05. The molecular weight excluding hydrogens is 228 g/mol. The number of rotatable bonds is 2. The van der Waals surface area contributed by atoms with Crippen molar-refractivity contribution in [2.24, 2.45) is 17.8 Å². The number of piperidine rings is 1. The number of nitrogens with one attached hydrogen (secondary N) is 1. The fourth-order valence-electron chi connectivity index (χ4n) is 3.28. The lowest BCUT2D eigenvalue weighted by molar-refractivity contribution is -0.128. The lowest BCUT2D eigenvalue weighted by Gasteiger charge is -2.30. The molecule has 3 rings (SSSR count). The van der Waals surface area contributed by atoms with Crippen LogP contribution >= 0.6 is 0 Å². The summed E-state index contributed by atoms with van der Waals surface area (Å²) in [6.45, 7) is 7.79. The SMILES string of the molecule is Cc1ccc(CN2C[C@@H]3CNC(=O)[C@H](C)[C@@H]3C2)o1. The van der Waals surface area contributed by atoms with Gasteiger partial charge in [-0.1, -0.05) is 6.92 Å². The molecule has 2 fully saturated rings. The molecule has 4 nitrogen and oxygen atoms in total. The lowest BCUT2D eigenvalue weighted by atomic mass is 9.81. The van der Waals surface area contributed by atoms with Crippen LogP contribution < -0.4 is 5.32 Å². The third-order valence-corrected chi connectivity index (χ3v) is 4.34. The van der Waals surface area contributed by atoms with Gasteiger partial charge in [0.05, 0.1) is 6.54 Å². The molecule has 18 heavy (non-hydrogen) atoms. The summed E-state index contributed by atoms with van der Waals surface area (Å²) in [5.41, 5.74) is 0. The molecule has 3 heterocycles. The minimum atomic E-state index is 0.145. The second-order valence-corrected chi connectivity index (χ2v) is 5.66. The summed E-state index contributed by atoms with van der Waals surface area (Å²) in [5.74, 6) is 3.47. The molecule has 3 atom stereocenters. The second-order valence-electron chi connectivity index (χ2n) is 5.66. The van der Waals surface area contributed by atoms with E-state index in [2.05, 4.69) is 10.2 Å². The van der Waals surface area contributed by atoms with Crippen molar-refractivity contribution in [3.63, 3.8) is 0 Å². The number of carbonyl (C=O) groups excluding carboxylic acids is 1. The third-order valence-electron chi connectivity index (χ3n) is 4.34. The summed E-state index contributed by atoms with van der Waals surface area (Å²) >= 11 is 0. The first kappa shape index (κ1) is 11.8.